The second-order valence-electron chi connectivity index (χ2n) is 7.70. The van der Waals surface area contributed by atoms with Crippen LogP contribution in [0.1, 0.15) is 51.1 Å². The van der Waals surface area contributed by atoms with Crippen molar-refractivity contribution in [1.82, 2.24) is 15.1 Å². The van der Waals surface area contributed by atoms with Crippen LogP contribution in [0, 0.1) is 5.82 Å². The number of halogens is 1. The maximum Gasteiger partial charge on any atom is 0.318 e. The third-order valence-electron chi connectivity index (χ3n) is 5.05. The van der Waals surface area contributed by atoms with Gasteiger partial charge < -0.3 is 15.1 Å². The summed E-state index contributed by atoms with van der Waals surface area (Å²) in [5, 5.41) is 3.19. The Morgan fingerprint density at radius 1 is 1.17 bits per heavy atom. The van der Waals surface area contributed by atoms with Crippen LogP contribution in [0.25, 0.3) is 0 Å². The molecule has 0 bridgehead atoms. The number of urea groups is 1. The van der Waals surface area contributed by atoms with Crippen LogP contribution < -0.4 is 5.32 Å². The molecule has 1 aromatic rings. The standard InChI is InChI=1S/C19H28FN3O/c1-19(2,14-22-11-4-3-5-12-22)21-18(24)23-13-10-17(23)15-6-8-16(20)9-7-15/h6-9,17H,3-5,10-14H2,1-2H3,(H,21,24)/t17-/m0/s1. The highest BCUT2D eigenvalue weighted by Gasteiger charge is 2.36. The summed E-state index contributed by atoms with van der Waals surface area (Å²) in [6, 6.07) is 6.53. The number of nitrogens with zero attached hydrogens (tertiary/aromatic N) is 2. The molecule has 0 unspecified atom stereocenters. The van der Waals surface area contributed by atoms with E-state index in [0.29, 0.717) is 0 Å². The lowest BCUT2D eigenvalue weighted by molar-refractivity contribution is 0.102. The Hall–Kier alpha value is -1.62. The topological polar surface area (TPSA) is 35.6 Å². The van der Waals surface area contributed by atoms with Crippen LogP contribution in [-0.4, -0.2) is 47.5 Å². The molecule has 2 fully saturated rings. The first kappa shape index (κ1) is 17.2. The van der Waals surface area contributed by atoms with E-state index >= 15 is 0 Å². The number of rotatable bonds is 4. The average molecular weight is 333 g/mol. The van der Waals surface area contributed by atoms with Crippen molar-refractivity contribution in [1.29, 1.82) is 0 Å². The molecule has 1 aromatic carbocycles. The van der Waals surface area contributed by atoms with Gasteiger partial charge in [0.2, 0.25) is 0 Å². The first-order valence-electron chi connectivity index (χ1n) is 9.01. The van der Waals surface area contributed by atoms with Gasteiger partial charge in [-0.25, -0.2) is 9.18 Å². The highest BCUT2D eigenvalue weighted by atomic mass is 19.1. The number of benzene rings is 1. The minimum Gasteiger partial charge on any atom is -0.332 e. The molecule has 0 radical (unpaired) electrons. The van der Waals surface area contributed by atoms with E-state index in [-0.39, 0.29) is 23.4 Å². The van der Waals surface area contributed by atoms with Crippen LogP contribution in [0.3, 0.4) is 0 Å². The predicted octanol–water partition coefficient (Wildman–Crippen LogP) is 3.55. The molecule has 0 saturated carbocycles. The maximum absolute atomic E-state index is 13.1. The fourth-order valence-electron chi connectivity index (χ4n) is 3.74. The minimum atomic E-state index is -0.253. The Kier molecular flexibility index (Phi) is 5.09. The zero-order chi connectivity index (χ0) is 17.2. The molecule has 0 spiro atoms. The van der Waals surface area contributed by atoms with Crippen LogP contribution in [0.5, 0.6) is 0 Å². The number of piperidine rings is 1. The fraction of sp³-hybridized carbons (Fsp3) is 0.632. The number of hydrogen-bond acceptors (Lipinski definition) is 2. The van der Waals surface area contributed by atoms with Gasteiger partial charge in [-0.15, -0.1) is 0 Å². The normalized spacial score (nSPS) is 22.1. The van der Waals surface area contributed by atoms with Crippen molar-refractivity contribution in [3.63, 3.8) is 0 Å². The van der Waals surface area contributed by atoms with Gasteiger partial charge in [-0.3, -0.25) is 0 Å². The fourth-order valence-corrected chi connectivity index (χ4v) is 3.74. The van der Waals surface area contributed by atoms with E-state index in [1.165, 1.54) is 31.4 Å². The molecule has 4 nitrogen and oxygen atoms in total. The molecule has 0 aliphatic carbocycles. The summed E-state index contributed by atoms with van der Waals surface area (Å²) >= 11 is 0. The van der Waals surface area contributed by atoms with Gasteiger partial charge in [-0.05, 0) is 63.9 Å². The van der Waals surface area contributed by atoms with E-state index in [1.54, 1.807) is 12.1 Å². The quantitative estimate of drug-likeness (QED) is 0.915. The van der Waals surface area contributed by atoms with Crippen molar-refractivity contribution in [3.05, 3.63) is 35.6 Å². The third-order valence-corrected chi connectivity index (χ3v) is 5.05. The van der Waals surface area contributed by atoms with E-state index in [2.05, 4.69) is 24.1 Å². The molecule has 2 aliphatic rings. The molecule has 132 valence electrons. The number of hydrogen-bond donors (Lipinski definition) is 1. The summed E-state index contributed by atoms with van der Waals surface area (Å²) in [5.74, 6) is -0.239. The average Bonchev–Trinajstić information content (AvgIpc) is 2.48. The summed E-state index contributed by atoms with van der Waals surface area (Å²) < 4.78 is 13.1. The number of amides is 2. The van der Waals surface area contributed by atoms with Crippen molar-refractivity contribution in [2.75, 3.05) is 26.2 Å². The molecule has 0 aromatic heterocycles. The zero-order valence-corrected chi connectivity index (χ0v) is 14.7. The van der Waals surface area contributed by atoms with Crippen LogP contribution in [0.4, 0.5) is 9.18 Å². The van der Waals surface area contributed by atoms with Crippen LogP contribution >= 0.6 is 0 Å². The molecule has 2 saturated heterocycles. The predicted molar refractivity (Wildman–Crippen MR) is 93.4 cm³/mol. The summed E-state index contributed by atoms with van der Waals surface area (Å²) in [5.41, 5.74) is 0.754. The second-order valence-corrected chi connectivity index (χ2v) is 7.70. The lowest BCUT2D eigenvalue weighted by atomic mass is 9.95. The lowest BCUT2D eigenvalue weighted by Gasteiger charge is -2.44. The van der Waals surface area contributed by atoms with Crippen molar-refractivity contribution in [3.8, 4) is 0 Å². The summed E-state index contributed by atoms with van der Waals surface area (Å²) in [7, 11) is 0. The molecule has 5 heteroatoms. The smallest absolute Gasteiger partial charge is 0.318 e. The summed E-state index contributed by atoms with van der Waals surface area (Å²) in [6.45, 7) is 8.07. The number of nitrogens with one attached hydrogen (secondary N) is 1. The Labute approximate surface area is 144 Å². The lowest BCUT2D eigenvalue weighted by Crippen LogP contribution is -2.58. The molecule has 1 N–H and O–H groups in total. The largest absolute Gasteiger partial charge is 0.332 e. The second kappa shape index (κ2) is 7.09. The van der Waals surface area contributed by atoms with Gasteiger partial charge in [0.05, 0.1) is 6.04 Å². The highest BCUT2D eigenvalue weighted by molar-refractivity contribution is 5.76. The Morgan fingerprint density at radius 2 is 1.83 bits per heavy atom. The van der Waals surface area contributed by atoms with Crippen molar-refractivity contribution in [2.24, 2.45) is 0 Å². The van der Waals surface area contributed by atoms with Gasteiger partial charge in [0.25, 0.3) is 0 Å². The molecule has 24 heavy (non-hydrogen) atoms. The molecular weight excluding hydrogens is 305 g/mol. The number of carbonyl (C=O) groups is 1. The Morgan fingerprint density at radius 3 is 2.42 bits per heavy atom. The van der Waals surface area contributed by atoms with Gasteiger partial charge in [-0.1, -0.05) is 18.6 Å². The molecule has 3 rings (SSSR count). The van der Waals surface area contributed by atoms with Gasteiger partial charge in [0, 0.05) is 18.6 Å². The van der Waals surface area contributed by atoms with Gasteiger partial charge >= 0.3 is 6.03 Å². The van der Waals surface area contributed by atoms with E-state index in [4.69, 9.17) is 0 Å². The van der Waals surface area contributed by atoms with Crippen molar-refractivity contribution in [2.45, 2.75) is 51.1 Å². The first-order valence-corrected chi connectivity index (χ1v) is 9.01. The molecule has 2 amide bonds. The monoisotopic (exact) mass is 333 g/mol. The van der Waals surface area contributed by atoms with E-state index in [9.17, 15) is 9.18 Å². The van der Waals surface area contributed by atoms with Crippen LogP contribution in [0.15, 0.2) is 24.3 Å². The molecule has 2 aliphatic heterocycles. The number of likely N-dealkylation sites (tertiary alicyclic amines) is 2. The van der Waals surface area contributed by atoms with E-state index in [1.807, 2.05) is 4.90 Å². The Balaban J connectivity index is 1.56. The zero-order valence-electron chi connectivity index (χ0n) is 14.7. The molecule has 2 heterocycles. The third kappa shape index (κ3) is 4.07. The number of carbonyl (C=O) groups excluding carboxylic acids is 1. The van der Waals surface area contributed by atoms with Gasteiger partial charge in [0.15, 0.2) is 0 Å². The minimum absolute atomic E-state index is 0.0161. The highest BCUT2D eigenvalue weighted by Crippen LogP contribution is 2.33. The van der Waals surface area contributed by atoms with E-state index in [0.717, 1.165) is 38.2 Å². The summed E-state index contributed by atoms with van der Waals surface area (Å²) in [4.78, 5) is 16.9. The van der Waals surface area contributed by atoms with Gasteiger partial charge in [0.1, 0.15) is 5.82 Å². The van der Waals surface area contributed by atoms with Crippen LogP contribution in [0.2, 0.25) is 0 Å². The molecular formula is C19H28FN3O. The SMILES string of the molecule is CC(C)(CN1CCCCC1)NC(=O)N1CC[C@H]1c1ccc(F)cc1. The Bertz CT molecular complexity index is 566. The van der Waals surface area contributed by atoms with Gasteiger partial charge in [-0.2, -0.15) is 0 Å². The van der Waals surface area contributed by atoms with Crippen molar-refractivity contribution < 1.29 is 9.18 Å². The van der Waals surface area contributed by atoms with Crippen LogP contribution in [-0.2, 0) is 0 Å². The first-order chi connectivity index (χ1) is 11.4. The molecule has 1 atom stereocenters. The maximum atomic E-state index is 13.1. The van der Waals surface area contributed by atoms with E-state index < -0.39 is 0 Å². The summed E-state index contributed by atoms with van der Waals surface area (Å²) in [6.07, 6.45) is 4.76. The van der Waals surface area contributed by atoms with Crippen molar-refractivity contribution >= 4 is 6.03 Å².